The molecule has 1 aromatic rings. The van der Waals surface area contributed by atoms with Crippen LogP contribution in [0.5, 0.6) is 0 Å². The van der Waals surface area contributed by atoms with E-state index < -0.39 is 34.3 Å². The Morgan fingerprint density at radius 2 is 1.80 bits per heavy atom. The van der Waals surface area contributed by atoms with E-state index in [9.17, 15) is 36.9 Å². The summed E-state index contributed by atoms with van der Waals surface area (Å²) in [6.45, 7) is 0. The molecule has 0 bridgehead atoms. The third-order valence-electron chi connectivity index (χ3n) is 2.05. The van der Waals surface area contributed by atoms with Gasteiger partial charge in [-0.2, -0.15) is 22.0 Å². The molecule has 1 aromatic carbocycles. The quantitative estimate of drug-likeness (QED) is 0.508. The fraction of sp³-hybridized carbons (Fsp3) is 0.222. The molecule has 20 heavy (non-hydrogen) atoms. The maximum atomic E-state index is 12.7. The zero-order valence-electron chi connectivity index (χ0n) is 9.17. The van der Waals surface area contributed by atoms with Crippen LogP contribution in [0.1, 0.15) is 0 Å². The molecular formula is C9H4BrF5N2O3. The molecule has 0 fully saturated rings. The molecular weight excluding hydrogens is 359 g/mol. The van der Waals surface area contributed by atoms with Crippen LogP contribution in [-0.2, 0) is 4.79 Å². The summed E-state index contributed by atoms with van der Waals surface area (Å²) >= 11 is 2.76. The molecule has 1 N–H and O–H groups in total. The second-order valence-electron chi connectivity index (χ2n) is 3.45. The van der Waals surface area contributed by atoms with Gasteiger partial charge in [-0.3, -0.25) is 14.9 Å². The van der Waals surface area contributed by atoms with Crippen LogP contribution < -0.4 is 5.32 Å². The molecule has 0 saturated heterocycles. The molecule has 0 aromatic heterocycles. The first-order valence-corrected chi connectivity index (χ1v) is 5.46. The van der Waals surface area contributed by atoms with Crippen molar-refractivity contribution in [2.75, 3.05) is 5.32 Å². The Morgan fingerprint density at radius 3 is 2.25 bits per heavy atom. The number of carbonyl (C=O) groups excluding carboxylic acids is 1. The molecule has 0 radical (unpaired) electrons. The molecule has 110 valence electrons. The van der Waals surface area contributed by atoms with E-state index in [1.807, 2.05) is 0 Å². The lowest BCUT2D eigenvalue weighted by Crippen LogP contribution is -2.47. The molecule has 0 saturated carbocycles. The molecule has 0 aliphatic carbocycles. The Bertz CT molecular complexity index is 561. The number of rotatable bonds is 3. The third kappa shape index (κ3) is 3.21. The number of nitro groups is 1. The van der Waals surface area contributed by atoms with E-state index in [1.165, 1.54) is 5.32 Å². The zero-order chi connectivity index (χ0) is 15.7. The standard InChI is InChI=1S/C9H4BrF5N2O3/c10-5-2-1-4(17(19)20)3-6(5)16-7(18)8(11,12)9(13,14)15/h1-3H,(H,16,18). The van der Waals surface area contributed by atoms with Crippen LogP contribution >= 0.6 is 15.9 Å². The number of non-ortho nitro benzene ring substituents is 1. The van der Waals surface area contributed by atoms with Gasteiger partial charge in [-0.1, -0.05) is 0 Å². The molecule has 0 spiro atoms. The number of benzene rings is 1. The maximum Gasteiger partial charge on any atom is 0.463 e. The first kappa shape index (κ1) is 16.3. The molecule has 0 heterocycles. The van der Waals surface area contributed by atoms with Gasteiger partial charge in [-0.15, -0.1) is 0 Å². The van der Waals surface area contributed by atoms with Crippen LogP contribution in [0.2, 0.25) is 0 Å². The van der Waals surface area contributed by atoms with Crippen molar-refractivity contribution in [3.05, 3.63) is 32.8 Å². The van der Waals surface area contributed by atoms with E-state index in [0.717, 1.165) is 12.1 Å². The molecule has 0 aliphatic rings. The second kappa shape index (κ2) is 5.31. The van der Waals surface area contributed by atoms with Gasteiger partial charge in [0.25, 0.3) is 5.69 Å². The zero-order valence-corrected chi connectivity index (χ0v) is 10.8. The monoisotopic (exact) mass is 362 g/mol. The van der Waals surface area contributed by atoms with Crippen molar-refractivity contribution in [2.45, 2.75) is 12.1 Å². The van der Waals surface area contributed by atoms with Crippen molar-refractivity contribution in [1.82, 2.24) is 0 Å². The van der Waals surface area contributed by atoms with Crippen LogP contribution in [0, 0.1) is 10.1 Å². The Balaban J connectivity index is 3.08. The lowest BCUT2D eigenvalue weighted by atomic mass is 10.2. The van der Waals surface area contributed by atoms with E-state index in [2.05, 4.69) is 15.9 Å². The normalized spacial score (nSPS) is 12.1. The minimum absolute atomic E-state index is 0.0885. The van der Waals surface area contributed by atoms with Gasteiger partial charge in [0.05, 0.1) is 10.6 Å². The number of nitrogens with zero attached hydrogens (tertiary/aromatic N) is 1. The van der Waals surface area contributed by atoms with Gasteiger partial charge >= 0.3 is 18.0 Å². The van der Waals surface area contributed by atoms with E-state index in [0.29, 0.717) is 6.07 Å². The number of anilines is 1. The largest absolute Gasteiger partial charge is 0.463 e. The Labute approximate surface area is 116 Å². The fourth-order valence-electron chi connectivity index (χ4n) is 1.05. The number of halogens is 6. The molecule has 1 rings (SSSR count). The highest BCUT2D eigenvalue weighted by molar-refractivity contribution is 9.10. The van der Waals surface area contributed by atoms with Gasteiger partial charge in [-0.05, 0) is 22.0 Å². The highest BCUT2D eigenvalue weighted by Gasteiger charge is 2.63. The van der Waals surface area contributed by atoms with E-state index in [4.69, 9.17) is 0 Å². The molecule has 0 aliphatic heterocycles. The highest BCUT2D eigenvalue weighted by atomic mass is 79.9. The van der Waals surface area contributed by atoms with Crippen LogP contribution in [0.4, 0.5) is 33.3 Å². The van der Waals surface area contributed by atoms with E-state index >= 15 is 0 Å². The smallest absolute Gasteiger partial charge is 0.319 e. The summed E-state index contributed by atoms with van der Waals surface area (Å²) in [6, 6.07) is 2.65. The summed E-state index contributed by atoms with van der Waals surface area (Å²) in [5.41, 5.74) is -1.16. The van der Waals surface area contributed by atoms with Gasteiger partial charge < -0.3 is 5.32 Å². The number of nitrogens with one attached hydrogen (secondary N) is 1. The first-order chi connectivity index (χ1) is 8.96. The minimum Gasteiger partial charge on any atom is -0.319 e. The number of amides is 1. The van der Waals surface area contributed by atoms with Crippen LogP contribution in [0.3, 0.4) is 0 Å². The van der Waals surface area contributed by atoms with Gasteiger partial charge in [0.2, 0.25) is 0 Å². The number of hydrogen-bond donors (Lipinski definition) is 1. The topological polar surface area (TPSA) is 72.2 Å². The molecule has 0 atom stereocenters. The lowest BCUT2D eigenvalue weighted by Gasteiger charge is -2.18. The Morgan fingerprint density at radius 1 is 1.25 bits per heavy atom. The van der Waals surface area contributed by atoms with Gasteiger partial charge in [-0.25, -0.2) is 0 Å². The van der Waals surface area contributed by atoms with Crippen molar-refractivity contribution < 1.29 is 31.7 Å². The number of carbonyl (C=O) groups is 1. The highest BCUT2D eigenvalue weighted by Crippen LogP contribution is 2.37. The Hall–Kier alpha value is -1.78. The number of alkyl halides is 5. The molecule has 1 amide bonds. The van der Waals surface area contributed by atoms with E-state index in [-0.39, 0.29) is 4.47 Å². The summed E-state index contributed by atoms with van der Waals surface area (Å²) in [5.74, 6) is -8.25. The minimum atomic E-state index is -6.07. The summed E-state index contributed by atoms with van der Waals surface area (Å²) < 4.78 is 61.2. The van der Waals surface area contributed by atoms with Crippen LogP contribution in [-0.4, -0.2) is 22.9 Å². The maximum absolute atomic E-state index is 12.7. The van der Waals surface area contributed by atoms with Crippen LogP contribution in [0.25, 0.3) is 0 Å². The summed E-state index contributed by atoms with van der Waals surface area (Å²) in [7, 11) is 0. The van der Waals surface area contributed by atoms with Crippen molar-refractivity contribution >= 4 is 33.2 Å². The first-order valence-electron chi connectivity index (χ1n) is 4.66. The van der Waals surface area contributed by atoms with Gasteiger partial charge in [0, 0.05) is 16.6 Å². The predicted molar refractivity (Wildman–Crippen MR) is 60.4 cm³/mol. The van der Waals surface area contributed by atoms with Crippen LogP contribution in [0.15, 0.2) is 22.7 Å². The van der Waals surface area contributed by atoms with Gasteiger partial charge in [0.15, 0.2) is 0 Å². The molecule has 11 heteroatoms. The van der Waals surface area contributed by atoms with Gasteiger partial charge in [0.1, 0.15) is 0 Å². The average molecular weight is 363 g/mol. The third-order valence-corrected chi connectivity index (χ3v) is 2.74. The SMILES string of the molecule is O=C(Nc1cc([N+](=O)[O-])ccc1Br)C(F)(F)C(F)(F)F. The number of nitro benzene ring substituents is 1. The fourth-order valence-corrected chi connectivity index (χ4v) is 1.40. The predicted octanol–water partition coefficient (Wildman–Crippen LogP) is 3.49. The van der Waals surface area contributed by atoms with Crippen molar-refractivity contribution in [3.63, 3.8) is 0 Å². The Kier molecular flexibility index (Phi) is 4.32. The van der Waals surface area contributed by atoms with Crippen molar-refractivity contribution in [2.24, 2.45) is 0 Å². The summed E-state index contributed by atoms with van der Waals surface area (Å²) in [5, 5.41) is 11.7. The van der Waals surface area contributed by atoms with Crippen molar-refractivity contribution in [3.8, 4) is 0 Å². The number of hydrogen-bond acceptors (Lipinski definition) is 3. The van der Waals surface area contributed by atoms with E-state index in [1.54, 1.807) is 0 Å². The summed E-state index contributed by atoms with van der Waals surface area (Å²) in [4.78, 5) is 20.5. The molecule has 0 unspecified atom stereocenters. The summed E-state index contributed by atoms with van der Waals surface area (Å²) in [6.07, 6.45) is -6.07. The second-order valence-corrected chi connectivity index (χ2v) is 4.30. The average Bonchev–Trinajstić information content (AvgIpc) is 2.29. The van der Waals surface area contributed by atoms with Crippen molar-refractivity contribution in [1.29, 1.82) is 0 Å². The molecule has 5 nitrogen and oxygen atoms in total. The lowest BCUT2D eigenvalue weighted by molar-refractivity contribution is -0.384.